The van der Waals surface area contributed by atoms with Crippen LogP contribution in [0.25, 0.3) is 11.5 Å². The molecule has 2 heterocycles. The summed E-state index contributed by atoms with van der Waals surface area (Å²) < 4.78 is 32.4. The highest BCUT2D eigenvalue weighted by Gasteiger charge is 2.34. The maximum absolute atomic E-state index is 13.8. The number of benzene rings is 2. The molecule has 1 aliphatic rings. The van der Waals surface area contributed by atoms with Crippen molar-refractivity contribution < 1.29 is 18.1 Å². The van der Waals surface area contributed by atoms with Gasteiger partial charge in [-0.2, -0.15) is 4.98 Å². The lowest BCUT2D eigenvalue weighted by Gasteiger charge is -2.15. The third-order valence-electron chi connectivity index (χ3n) is 4.16. The Kier molecular flexibility index (Phi) is 3.76. The zero-order valence-electron chi connectivity index (χ0n) is 13.0. The van der Waals surface area contributed by atoms with E-state index in [4.69, 9.17) is 4.52 Å². The van der Waals surface area contributed by atoms with Crippen LogP contribution in [0.4, 0.5) is 14.5 Å². The molecule has 0 saturated carbocycles. The van der Waals surface area contributed by atoms with E-state index in [0.29, 0.717) is 18.1 Å². The summed E-state index contributed by atoms with van der Waals surface area (Å²) in [6, 6.07) is 12.0. The van der Waals surface area contributed by atoms with E-state index in [1.165, 1.54) is 23.1 Å². The molecule has 0 aliphatic carbocycles. The van der Waals surface area contributed by atoms with Crippen molar-refractivity contribution in [3.05, 3.63) is 66.0 Å². The van der Waals surface area contributed by atoms with Gasteiger partial charge in [0.2, 0.25) is 5.91 Å². The molecule has 0 bridgehead atoms. The molecule has 1 amide bonds. The van der Waals surface area contributed by atoms with Crippen molar-refractivity contribution in [3.8, 4) is 11.5 Å². The number of hydrogen-bond acceptors (Lipinski definition) is 4. The van der Waals surface area contributed by atoms with Crippen molar-refractivity contribution in [1.29, 1.82) is 0 Å². The first-order valence-corrected chi connectivity index (χ1v) is 7.76. The smallest absolute Gasteiger partial charge is 0.260 e. The maximum atomic E-state index is 13.8. The van der Waals surface area contributed by atoms with Crippen LogP contribution in [-0.4, -0.2) is 22.6 Å². The average Bonchev–Trinajstić information content (AvgIpc) is 3.22. The second-order valence-corrected chi connectivity index (χ2v) is 5.82. The molecule has 0 N–H and O–H groups in total. The average molecular weight is 341 g/mol. The molecule has 7 heteroatoms. The number of aromatic nitrogens is 2. The lowest BCUT2D eigenvalue weighted by Crippen LogP contribution is -2.24. The monoisotopic (exact) mass is 341 g/mol. The van der Waals surface area contributed by atoms with Crippen LogP contribution in [0.15, 0.2) is 53.1 Å². The third-order valence-corrected chi connectivity index (χ3v) is 4.16. The Bertz CT molecular complexity index is 941. The van der Waals surface area contributed by atoms with Crippen LogP contribution < -0.4 is 4.90 Å². The predicted molar refractivity (Wildman–Crippen MR) is 85.8 cm³/mol. The molecule has 2 aromatic carbocycles. The summed E-state index contributed by atoms with van der Waals surface area (Å²) in [5.41, 5.74) is 0.706. The van der Waals surface area contributed by atoms with Gasteiger partial charge in [-0.05, 0) is 30.3 Å². The Morgan fingerprint density at radius 2 is 1.96 bits per heavy atom. The Morgan fingerprint density at radius 3 is 2.76 bits per heavy atom. The Labute approximate surface area is 141 Å². The molecular weight excluding hydrogens is 328 g/mol. The SMILES string of the molecule is O=C1CC(c2noc(-c3ccccc3F)n2)CN1c1cccc(F)c1. The third kappa shape index (κ3) is 2.88. The van der Waals surface area contributed by atoms with Crippen molar-refractivity contribution >= 4 is 11.6 Å². The molecule has 1 unspecified atom stereocenters. The van der Waals surface area contributed by atoms with Crippen LogP contribution >= 0.6 is 0 Å². The van der Waals surface area contributed by atoms with E-state index < -0.39 is 11.6 Å². The Balaban J connectivity index is 1.58. The van der Waals surface area contributed by atoms with E-state index in [0.717, 1.165) is 0 Å². The van der Waals surface area contributed by atoms with E-state index in [1.54, 1.807) is 30.3 Å². The molecule has 126 valence electrons. The molecule has 5 nitrogen and oxygen atoms in total. The summed E-state index contributed by atoms with van der Waals surface area (Å²) in [4.78, 5) is 18.0. The zero-order valence-corrected chi connectivity index (χ0v) is 13.0. The molecule has 4 rings (SSSR count). The zero-order chi connectivity index (χ0) is 17.4. The molecule has 1 atom stereocenters. The molecule has 1 aromatic heterocycles. The van der Waals surface area contributed by atoms with Crippen molar-refractivity contribution in [2.45, 2.75) is 12.3 Å². The highest BCUT2D eigenvalue weighted by Crippen LogP contribution is 2.32. The summed E-state index contributed by atoms with van der Waals surface area (Å²) in [5.74, 6) is -0.889. The lowest BCUT2D eigenvalue weighted by atomic mass is 10.1. The van der Waals surface area contributed by atoms with Gasteiger partial charge in [0.05, 0.1) is 5.56 Å². The van der Waals surface area contributed by atoms with Gasteiger partial charge in [0.25, 0.3) is 5.89 Å². The molecule has 0 radical (unpaired) electrons. The van der Waals surface area contributed by atoms with Crippen molar-refractivity contribution in [3.63, 3.8) is 0 Å². The summed E-state index contributed by atoms with van der Waals surface area (Å²) in [5, 5.41) is 3.89. The van der Waals surface area contributed by atoms with Gasteiger partial charge >= 0.3 is 0 Å². The van der Waals surface area contributed by atoms with Gasteiger partial charge in [-0.1, -0.05) is 23.4 Å². The molecular formula is C18H13F2N3O2. The summed E-state index contributed by atoms with van der Waals surface area (Å²) in [7, 11) is 0. The maximum Gasteiger partial charge on any atom is 0.260 e. The van der Waals surface area contributed by atoms with Crippen LogP contribution in [0.5, 0.6) is 0 Å². The van der Waals surface area contributed by atoms with E-state index in [1.807, 2.05) is 0 Å². The van der Waals surface area contributed by atoms with E-state index >= 15 is 0 Å². The normalized spacial score (nSPS) is 17.3. The summed E-state index contributed by atoms with van der Waals surface area (Å²) >= 11 is 0. The quantitative estimate of drug-likeness (QED) is 0.731. The second-order valence-electron chi connectivity index (χ2n) is 5.82. The topological polar surface area (TPSA) is 59.2 Å². The number of rotatable bonds is 3. The number of halogens is 2. The van der Waals surface area contributed by atoms with Crippen LogP contribution in [0.1, 0.15) is 18.2 Å². The van der Waals surface area contributed by atoms with Gasteiger partial charge in [-0.3, -0.25) is 4.79 Å². The van der Waals surface area contributed by atoms with Crippen molar-refractivity contribution in [2.75, 3.05) is 11.4 Å². The largest absolute Gasteiger partial charge is 0.334 e. The first-order valence-electron chi connectivity index (χ1n) is 7.76. The fourth-order valence-electron chi connectivity index (χ4n) is 2.92. The fourth-order valence-corrected chi connectivity index (χ4v) is 2.92. The van der Waals surface area contributed by atoms with Crippen molar-refractivity contribution in [1.82, 2.24) is 10.1 Å². The number of anilines is 1. The van der Waals surface area contributed by atoms with E-state index in [9.17, 15) is 13.6 Å². The minimum Gasteiger partial charge on any atom is -0.334 e. The molecule has 3 aromatic rings. The fraction of sp³-hybridized carbons (Fsp3) is 0.167. The number of carbonyl (C=O) groups is 1. The molecule has 25 heavy (non-hydrogen) atoms. The van der Waals surface area contributed by atoms with Crippen molar-refractivity contribution in [2.24, 2.45) is 0 Å². The van der Waals surface area contributed by atoms with Gasteiger partial charge in [-0.15, -0.1) is 0 Å². The first-order chi connectivity index (χ1) is 12.1. The van der Waals surface area contributed by atoms with E-state index in [-0.39, 0.29) is 29.7 Å². The molecule has 1 saturated heterocycles. The Morgan fingerprint density at radius 1 is 1.12 bits per heavy atom. The molecule has 1 fully saturated rings. The van der Waals surface area contributed by atoms with Crippen LogP contribution in [-0.2, 0) is 4.79 Å². The lowest BCUT2D eigenvalue weighted by molar-refractivity contribution is -0.117. The van der Waals surface area contributed by atoms with Gasteiger partial charge in [0.1, 0.15) is 11.6 Å². The van der Waals surface area contributed by atoms with Gasteiger partial charge in [-0.25, -0.2) is 8.78 Å². The number of carbonyl (C=O) groups excluding carboxylic acids is 1. The molecule has 0 spiro atoms. The highest BCUT2D eigenvalue weighted by atomic mass is 19.1. The second kappa shape index (κ2) is 6.08. The van der Waals surface area contributed by atoms with Crippen LogP contribution in [0.2, 0.25) is 0 Å². The Hall–Kier alpha value is -3.09. The molecule has 1 aliphatic heterocycles. The summed E-state index contributed by atoms with van der Waals surface area (Å²) in [6.07, 6.45) is 0.187. The number of hydrogen-bond donors (Lipinski definition) is 0. The highest BCUT2D eigenvalue weighted by molar-refractivity contribution is 5.96. The van der Waals surface area contributed by atoms with E-state index in [2.05, 4.69) is 10.1 Å². The standard InChI is InChI=1S/C18H13F2N3O2/c19-12-4-3-5-13(9-12)23-10-11(8-16(23)24)17-21-18(25-22-17)14-6-1-2-7-15(14)20/h1-7,9,11H,8,10H2. The summed E-state index contributed by atoms with van der Waals surface area (Å²) in [6.45, 7) is 0.318. The minimum atomic E-state index is -0.457. The van der Waals surface area contributed by atoms with Gasteiger partial charge in [0.15, 0.2) is 5.82 Å². The van der Waals surface area contributed by atoms with Gasteiger partial charge < -0.3 is 9.42 Å². The number of nitrogens with zero attached hydrogens (tertiary/aromatic N) is 3. The predicted octanol–water partition coefficient (Wildman–Crippen LogP) is 3.54. The van der Waals surface area contributed by atoms with Crippen LogP contribution in [0.3, 0.4) is 0 Å². The number of amides is 1. The van der Waals surface area contributed by atoms with Gasteiger partial charge in [0, 0.05) is 24.6 Å². The minimum absolute atomic E-state index is 0.0738. The first kappa shape index (κ1) is 15.4. The van der Waals surface area contributed by atoms with Crippen LogP contribution in [0, 0.1) is 11.6 Å².